The number of nitrogens with two attached hydrogens (primary N) is 1. The van der Waals surface area contributed by atoms with Crippen molar-refractivity contribution in [3.63, 3.8) is 0 Å². The molecule has 0 spiro atoms. The highest BCUT2D eigenvalue weighted by atomic mass is 19.1. The number of carbonyl (C=O) groups is 1. The van der Waals surface area contributed by atoms with Crippen molar-refractivity contribution in [2.75, 3.05) is 12.3 Å². The Kier molecular flexibility index (Phi) is 4.94. The molecule has 0 radical (unpaired) electrons. The molecule has 1 aromatic carbocycles. The van der Waals surface area contributed by atoms with Crippen LogP contribution in [0.1, 0.15) is 37.0 Å². The number of rotatable bonds is 5. The summed E-state index contributed by atoms with van der Waals surface area (Å²) in [6.07, 6.45) is 2.05. The van der Waals surface area contributed by atoms with Crippen LogP contribution in [0.15, 0.2) is 18.2 Å². The molecule has 1 atom stereocenters. The zero-order chi connectivity index (χ0) is 12.8. The number of anilines is 1. The lowest BCUT2D eigenvalue weighted by Gasteiger charge is -2.11. The Labute approximate surface area is 101 Å². The van der Waals surface area contributed by atoms with E-state index in [1.807, 2.05) is 6.92 Å². The summed E-state index contributed by atoms with van der Waals surface area (Å²) in [6, 6.07) is 3.93. The van der Waals surface area contributed by atoms with Crippen molar-refractivity contribution in [1.29, 1.82) is 0 Å². The molecule has 0 aliphatic rings. The van der Waals surface area contributed by atoms with E-state index in [0.29, 0.717) is 12.5 Å². The van der Waals surface area contributed by atoms with E-state index in [1.165, 1.54) is 12.1 Å². The monoisotopic (exact) mass is 239 g/mol. The van der Waals surface area contributed by atoms with Gasteiger partial charge in [-0.3, -0.25) is 0 Å². The number of nitrogen functional groups attached to an aromatic ring is 1. The van der Waals surface area contributed by atoms with E-state index in [4.69, 9.17) is 10.5 Å². The van der Waals surface area contributed by atoms with Gasteiger partial charge in [-0.15, -0.1) is 0 Å². The van der Waals surface area contributed by atoms with E-state index in [0.717, 1.165) is 18.9 Å². The molecule has 0 aliphatic heterocycles. The molecule has 0 saturated heterocycles. The number of hydrogen-bond acceptors (Lipinski definition) is 3. The summed E-state index contributed by atoms with van der Waals surface area (Å²) in [5.41, 5.74) is 5.55. The van der Waals surface area contributed by atoms with Crippen molar-refractivity contribution < 1.29 is 13.9 Å². The van der Waals surface area contributed by atoms with E-state index in [-0.39, 0.29) is 11.3 Å². The van der Waals surface area contributed by atoms with E-state index in [2.05, 4.69) is 6.92 Å². The number of carbonyl (C=O) groups excluding carboxylic acids is 1. The fourth-order valence-electron chi connectivity index (χ4n) is 1.53. The second kappa shape index (κ2) is 6.23. The highest BCUT2D eigenvalue weighted by molar-refractivity contribution is 5.89. The van der Waals surface area contributed by atoms with Gasteiger partial charge in [0.05, 0.1) is 17.9 Å². The summed E-state index contributed by atoms with van der Waals surface area (Å²) in [4.78, 5) is 11.6. The summed E-state index contributed by atoms with van der Waals surface area (Å²) in [7, 11) is 0. The normalized spacial score (nSPS) is 12.2. The number of hydrogen-bond donors (Lipinski definition) is 1. The number of esters is 1. The molecule has 2 N–H and O–H groups in total. The Morgan fingerprint density at radius 1 is 1.53 bits per heavy atom. The molecule has 0 saturated carbocycles. The minimum atomic E-state index is -0.596. The quantitative estimate of drug-likeness (QED) is 0.634. The number of ether oxygens (including phenoxy) is 1. The van der Waals surface area contributed by atoms with Crippen molar-refractivity contribution in [3.05, 3.63) is 29.6 Å². The van der Waals surface area contributed by atoms with Crippen LogP contribution in [0.3, 0.4) is 0 Å². The molecule has 0 heterocycles. The van der Waals surface area contributed by atoms with Crippen LogP contribution in [0.25, 0.3) is 0 Å². The molecule has 0 aromatic heterocycles. The largest absolute Gasteiger partial charge is 0.462 e. The molecular formula is C13H18FNO2. The van der Waals surface area contributed by atoms with Crippen LogP contribution >= 0.6 is 0 Å². The fourth-order valence-corrected chi connectivity index (χ4v) is 1.53. The SMILES string of the molecule is CCCC(C)COC(=O)c1ccc(N)c(F)c1. The molecule has 94 valence electrons. The van der Waals surface area contributed by atoms with Gasteiger partial charge in [-0.1, -0.05) is 20.3 Å². The maximum Gasteiger partial charge on any atom is 0.338 e. The highest BCUT2D eigenvalue weighted by Gasteiger charge is 2.11. The molecule has 1 unspecified atom stereocenters. The molecule has 1 rings (SSSR count). The lowest BCUT2D eigenvalue weighted by Crippen LogP contribution is -2.12. The third kappa shape index (κ3) is 4.06. The van der Waals surface area contributed by atoms with Gasteiger partial charge in [0, 0.05) is 0 Å². The van der Waals surface area contributed by atoms with E-state index in [1.54, 1.807) is 0 Å². The van der Waals surface area contributed by atoms with Crippen molar-refractivity contribution in [1.82, 2.24) is 0 Å². The third-order valence-corrected chi connectivity index (χ3v) is 2.52. The summed E-state index contributed by atoms with van der Waals surface area (Å²) in [5.74, 6) is -0.782. The highest BCUT2D eigenvalue weighted by Crippen LogP contribution is 2.13. The van der Waals surface area contributed by atoms with Crippen LogP contribution < -0.4 is 5.73 Å². The predicted molar refractivity (Wildman–Crippen MR) is 65.2 cm³/mol. The Balaban J connectivity index is 2.55. The smallest absolute Gasteiger partial charge is 0.338 e. The van der Waals surface area contributed by atoms with Crippen molar-refractivity contribution >= 4 is 11.7 Å². The van der Waals surface area contributed by atoms with E-state index >= 15 is 0 Å². The van der Waals surface area contributed by atoms with Gasteiger partial charge < -0.3 is 10.5 Å². The van der Waals surface area contributed by atoms with Gasteiger partial charge in [-0.05, 0) is 30.5 Å². The van der Waals surface area contributed by atoms with Gasteiger partial charge in [0.1, 0.15) is 5.82 Å². The van der Waals surface area contributed by atoms with Crippen LogP contribution in [-0.4, -0.2) is 12.6 Å². The Bertz CT molecular complexity index is 393. The predicted octanol–water partition coefficient (Wildman–Crippen LogP) is 3.00. The zero-order valence-corrected chi connectivity index (χ0v) is 10.2. The molecule has 17 heavy (non-hydrogen) atoms. The Hall–Kier alpha value is -1.58. The summed E-state index contributed by atoms with van der Waals surface area (Å²) in [5, 5.41) is 0. The van der Waals surface area contributed by atoms with Gasteiger partial charge in [0.15, 0.2) is 0 Å². The van der Waals surface area contributed by atoms with Gasteiger partial charge in [-0.2, -0.15) is 0 Å². The number of benzene rings is 1. The minimum Gasteiger partial charge on any atom is -0.462 e. The average molecular weight is 239 g/mol. The first-order valence-corrected chi connectivity index (χ1v) is 5.76. The fraction of sp³-hybridized carbons (Fsp3) is 0.462. The van der Waals surface area contributed by atoms with Crippen LogP contribution in [-0.2, 0) is 4.74 Å². The van der Waals surface area contributed by atoms with Gasteiger partial charge >= 0.3 is 5.97 Å². The molecule has 0 bridgehead atoms. The molecule has 0 amide bonds. The van der Waals surface area contributed by atoms with Gasteiger partial charge in [0.2, 0.25) is 0 Å². The van der Waals surface area contributed by atoms with Crippen LogP contribution in [0.2, 0.25) is 0 Å². The second-order valence-electron chi connectivity index (χ2n) is 4.23. The van der Waals surface area contributed by atoms with Crippen molar-refractivity contribution in [2.45, 2.75) is 26.7 Å². The van der Waals surface area contributed by atoms with E-state index < -0.39 is 11.8 Å². The molecule has 0 aliphatic carbocycles. The summed E-state index contributed by atoms with van der Waals surface area (Å²) < 4.78 is 18.2. The van der Waals surface area contributed by atoms with Crippen molar-refractivity contribution in [3.8, 4) is 0 Å². The maximum atomic E-state index is 13.1. The molecule has 1 aromatic rings. The number of halogens is 1. The second-order valence-corrected chi connectivity index (χ2v) is 4.23. The first-order valence-electron chi connectivity index (χ1n) is 5.76. The lowest BCUT2D eigenvalue weighted by molar-refractivity contribution is 0.0443. The third-order valence-electron chi connectivity index (χ3n) is 2.52. The van der Waals surface area contributed by atoms with Crippen LogP contribution in [0.4, 0.5) is 10.1 Å². The van der Waals surface area contributed by atoms with E-state index in [9.17, 15) is 9.18 Å². The topological polar surface area (TPSA) is 52.3 Å². The Morgan fingerprint density at radius 3 is 2.82 bits per heavy atom. The van der Waals surface area contributed by atoms with Crippen LogP contribution in [0, 0.1) is 11.7 Å². The molecule has 4 heteroatoms. The van der Waals surface area contributed by atoms with Gasteiger partial charge in [0.25, 0.3) is 0 Å². The Morgan fingerprint density at radius 2 is 2.24 bits per heavy atom. The minimum absolute atomic E-state index is 0.0286. The first kappa shape index (κ1) is 13.5. The molecule has 3 nitrogen and oxygen atoms in total. The standard InChI is InChI=1S/C13H18FNO2/c1-3-4-9(2)8-17-13(16)10-5-6-12(15)11(14)7-10/h5-7,9H,3-4,8,15H2,1-2H3. The van der Waals surface area contributed by atoms with Crippen LogP contribution in [0.5, 0.6) is 0 Å². The average Bonchev–Trinajstić information content (AvgIpc) is 2.30. The molecular weight excluding hydrogens is 221 g/mol. The van der Waals surface area contributed by atoms with Gasteiger partial charge in [-0.25, -0.2) is 9.18 Å². The zero-order valence-electron chi connectivity index (χ0n) is 10.2. The first-order chi connectivity index (χ1) is 8.04. The summed E-state index contributed by atoms with van der Waals surface area (Å²) in [6.45, 7) is 4.45. The van der Waals surface area contributed by atoms with Crippen molar-refractivity contribution in [2.24, 2.45) is 5.92 Å². The maximum absolute atomic E-state index is 13.1. The molecule has 0 fully saturated rings. The lowest BCUT2D eigenvalue weighted by atomic mass is 10.1. The summed E-state index contributed by atoms with van der Waals surface area (Å²) >= 11 is 0.